The molecule has 80 valence electrons. The summed E-state index contributed by atoms with van der Waals surface area (Å²) in [5, 5.41) is 0. The SMILES string of the molecule is C=CCOC(C)CN=Cc1ccccc1. The van der Waals surface area contributed by atoms with Gasteiger partial charge in [-0.15, -0.1) is 6.58 Å². The average molecular weight is 203 g/mol. The van der Waals surface area contributed by atoms with Crippen LogP contribution < -0.4 is 0 Å². The van der Waals surface area contributed by atoms with Crippen LogP contribution in [0.2, 0.25) is 0 Å². The Morgan fingerprint density at radius 2 is 2.13 bits per heavy atom. The summed E-state index contributed by atoms with van der Waals surface area (Å²) in [6, 6.07) is 10.0. The Morgan fingerprint density at radius 1 is 1.40 bits per heavy atom. The van der Waals surface area contributed by atoms with Crippen molar-refractivity contribution in [2.75, 3.05) is 13.2 Å². The zero-order valence-corrected chi connectivity index (χ0v) is 9.10. The Hall–Kier alpha value is -1.41. The first-order valence-corrected chi connectivity index (χ1v) is 5.10. The van der Waals surface area contributed by atoms with Crippen molar-refractivity contribution in [3.8, 4) is 0 Å². The molecule has 2 nitrogen and oxygen atoms in total. The van der Waals surface area contributed by atoms with E-state index in [1.165, 1.54) is 0 Å². The number of nitrogens with zero attached hydrogens (tertiary/aromatic N) is 1. The monoisotopic (exact) mass is 203 g/mol. The average Bonchev–Trinajstić information content (AvgIpc) is 2.28. The minimum absolute atomic E-state index is 0.142. The fraction of sp³-hybridized carbons (Fsp3) is 0.308. The molecule has 1 rings (SSSR count). The third kappa shape index (κ3) is 5.13. The zero-order chi connectivity index (χ0) is 10.9. The van der Waals surface area contributed by atoms with E-state index in [1.54, 1.807) is 6.08 Å². The van der Waals surface area contributed by atoms with Gasteiger partial charge in [-0.2, -0.15) is 0 Å². The molecule has 0 radical (unpaired) electrons. The maximum absolute atomic E-state index is 5.40. The van der Waals surface area contributed by atoms with Crippen LogP contribution in [0.5, 0.6) is 0 Å². The molecule has 0 aromatic heterocycles. The summed E-state index contributed by atoms with van der Waals surface area (Å²) in [6.45, 7) is 6.87. The third-order valence-corrected chi connectivity index (χ3v) is 1.90. The van der Waals surface area contributed by atoms with Crippen molar-refractivity contribution in [2.24, 2.45) is 4.99 Å². The van der Waals surface area contributed by atoms with Crippen molar-refractivity contribution >= 4 is 6.21 Å². The second-order valence-electron chi connectivity index (χ2n) is 3.34. The summed E-state index contributed by atoms with van der Waals surface area (Å²) in [4.78, 5) is 4.31. The molecule has 1 aromatic rings. The predicted octanol–water partition coefficient (Wildman–Crippen LogP) is 2.70. The van der Waals surface area contributed by atoms with E-state index in [0.29, 0.717) is 13.2 Å². The van der Waals surface area contributed by atoms with Crippen LogP contribution in [-0.4, -0.2) is 25.5 Å². The molecule has 0 amide bonds. The van der Waals surface area contributed by atoms with Gasteiger partial charge in [0.15, 0.2) is 0 Å². The first-order valence-electron chi connectivity index (χ1n) is 5.10. The maximum Gasteiger partial charge on any atom is 0.0746 e. The number of hydrogen-bond donors (Lipinski definition) is 0. The molecular formula is C13H17NO. The fourth-order valence-corrected chi connectivity index (χ4v) is 1.13. The van der Waals surface area contributed by atoms with Gasteiger partial charge >= 0.3 is 0 Å². The van der Waals surface area contributed by atoms with Gasteiger partial charge in [0.25, 0.3) is 0 Å². The van der Waals surface area contributed by atoms with Crippen LogP contribution in [-0.2, 0) is 4.74 Å². The highest BCUT2D eigenvalue weighted by molar-refractivity contribution is 5.79. The van der Waals surface area contributed by atoms with Gasteiger partial charge in [0.1, 0.15) is 0 Å². The molecule has 0 N–H and O–H groups in total. The quantitative estimate of drug-likeness (QED) is 0.514. The second kappa shape index (κ2) is 6.96. The second-order valence-corrected chi connectivity index (χ2v) is 3.34. The largest absolute Gasteiger partial charge is 0.373 e. The van der Waals surface area contributed by atoms with E-state index < -0.39 is 0 Å². The van der Waals surface area contributed by atoms with E-state index >= 15 is 0 Å². The van der Waals surface area contributed by atoms with Gasteiger partial charge in [-0.05, 0) is 12.5 Å². The standard InChI is InChI=1S/C13H17NO/c1-3-9-15-12(2)10-14-11-13-7-5-4-6-8-13/h3-8,11-12H,1,9-10H2,2H3. The summed E-state index contributed by atoms with van der Waals surface area (Å²) in [5.74, 6) is 0. The molecule has 0 aliphatic carbocycles. The molecule has 0 fully saturated rings. The van der Waals surface area contributed by atoms with Crippen LogP contribution in [0, 0.1) is 0 Å². The molecule has 15 heavy (non-hydrogen) atoms. The van der Waals surface area contributed by atoms with E-state index in [-0.39, 0.29) is 6.10 Å². The summed E-state index contributed by atoms with van der Waals surface area (Å²) < 4.78 is 5.40. The van der Waals surface area contributed by atoms with Crippen LogP contribution in [0.15, 0.2) is 48.0 Å². The van der Waals surface area contributed by atoms with Gasteiger partial charge in [-0.25, -0.2) is 0 Å². The first kappa shape index (κ1) is 11.7. The molecule has 1 aromatic carbocycles. The van der Waals surface area contributed by atoms with Crippen molar-refractivity contribution in [1.82, 2.24) is 0 Å². The van der Waals surface area contributed by atoms with E-state index in [0.717, 1.165) is 5.56 Å². The summed E-state index contributed by atoms with van der Waals surface area (Å²) >= 11 is 0. The Balaban J connectivity index is 2.30. The van der Waals surface area contributed by atoms with E-state index in [9.17, 15) is 0 Å². The van der Waals surface area contributed by atoms with Gasteiger partial charge in [0.05, 0.1) is 19.3 Å². The summed E-state index contributed by atoms with van der Waals surface area (Å²) in [5.41, 5.74) is 1.12. The Labute approximate surface area is 91.3 Å². The third-order valence-electron chi connectivity index (χ3n) is 1.90. The summed E-state index contributed by atoms with van der Waals surface area (Å²) in [6.07, 6.45) is 3.76. The highest BCUT2D eigenvalue weighted by Gasteiger charge is 1.97. The lowest BCUT2D eigenvalue weighted by molar-refractivity contribution is 0.0953. The van der Waals surface area contributed by atoms with Gasteiger partial charge in [-0.3, -0.25) is 4.99 Å². The van der Waals surface area contributed by atoms with Gasteiger partial charge in [-0.1, -0.05) is 36.4 Å². The van der Waals surface area contributed by atoms with Gasteiger partial charge in [0, 0.05) is 6.21 Å². The minimum Gasteiger partial charge on any atom is -0.373 e. The maximum atomic E-state index is 5.40. The van der Waals surface area contributed by atoms with Gasteiger partial charge < -0.3 is 4.74 Å². The van der Waals surface area contributed by atoms with Crippen molar-refractivity contribution in [2.45, 2.75) is 13.0 Å². The molecule has 0 saturated heterocycles. The normalized spacial score (nSPS) is 12.9. The highest BCUT2D eigenvalue weighted by atomic mass is 16.5. The number of benzene rings is 1. The lowest BCUT2D eigenvalue weighted by Crippen LogP contribution is -2.11. The van der Waals surface area contributed by atoms with Crippen LogP contribution in [0.4, 0.5) is 0 Å². The predicted molar refractivity (Wildman–Crippen MR) is 64.5 cm³/mol. The molecule has 2 heteroatoms. The smallest absolute Gasteiger partial charge is 0.0746 e. The molecule has 0 bridgehead atoms. The minimum atomic E-state index is 0.142. The number of rotatable bonds is 6. The number of aliphatic imine (C=N–C) groups is 1. The molecule has 1 unspecified atom stereocenters. The Morgan fingerprint density at radius 3 is 2.80 bits per heavy atom. The van der Waals surface area contributed by atoms with E-state index in [4.69, 9.17) is 4.74 Å². The first-order chi connectivity index (χ1) is 7.33. The lowest BCUT2D eigenvalue weighted by atomic mass is 10.2. The van der Waals surface area contributed by atoms with Crippen molar-refractivity contribution in [3.63, 3.8) is 0 Å². The van der Waals surface area contributed by atoms with Gasteiger partial charge in [0.2, 0.25) is 0 Å². The molecule has 0 aliphatic heterocycles. The molecular weight excluding hydrogens is 186 g/mol. The Kier molecular flexibility index (Phi) is 5.41. The van der Waals surface area contributed by atoms with Crippen molar-refractivity contribution in [1.29, 1.82) is 0 Å². The molecule has 1 atom stereocenters. The molecule has 0 saturated carbocycles. The molecule has 0 heterocycles. The summed E-state index contributed by atoms with van der Waals surface area (Å²) in [7, 11) is 0. The topological polar surface area (TPSA) is 21.6 Å². The van der Waals surface area contributed by atoms with Crippen LogP contribution >= 0.6 is 0 Å². The molecule has 0 aliphatic rings. The van der Waals surface area contributed by atoms with E-state index in [2.05, 4.69) is 11.6 Å². The fourth-order valence-electron chi connectivity index (χ4n) is 1.13. The van der Waals surface area contributed by atoms with Crippen LogP contribution in [0.1, 0.15) is 12.5 Å². The van der Waals surface area contributed by atoms with Crippen molar-refractivity contribution < 1.29 is 4.74 Å². The van der Waals surface area contributed by atoms with E-state index in [1.807, 2.05) is 43.5 Å². The zero-order valence-electron chi connectivity index (χ0n) is 9.10. The Bertz CT molecular complexity index is 306. The van der Waals surface area contributed by atoms with Crippen LogP contribution in [0.3, 0.4) is 0 Å². The van der Waals surface area contributed by atoms with Crippen molar-refractivity contribution in [3.05, 3.63) is 48.6 Å². The lowest BCUT2D eigenvalue weighted by Gasteiger charge is -2.07. The highest BCUT2D eigenvalue weighted by Crippen LogP contribution is 1.96. The number of ether oxygens (including phenoxy) is 1. The number of hydrogen-bond acceptors (Lipinski definition) is 2. The van der Waals surface area contributed by atoms with Crippen LogP contribution in [0.25, 0.3) is 0 Å². The molecule has 0 spiro atoms.